The molecular weight excluding hydrogens is 771 g/mol. The first-order valence-electron chi connectivity index (χ1n) is 21.0. The van der Waals surface area contributed by atoms with Crippen molar-refractivity contribution in [3.63, 3.8) is 0 Å². The number of ether oxygens (including phenoxy) is 4. The Balaban J connectivity index is 1.59. The summed E-state index contributed by atoms with van der Waals surface area (Å²) in [7, 11) is -4.94. The second kappa shape index (κ2) is 18.0. The third-order valence-electron chi connectivity index (χ3n) is 10.6. The van der Waals surface area contributed by atoms with Gasteiger partial charge in [-0.3, -0.25) is 9.36 Å². The van der Waals surface area contributed by atoms with Crippen LogP contribution in [-0.4, -0.2) is 57.2 Å². The molecule has 0 unspecified atom stereocenters. The third-order valence-corrected chi connectivity index (χ3v) is 14.2. The van der Waals surface area contributed by atoms with E-state index >= 15 is 0 Å². The fourth-order valence-electron chi connectivity index (χ4n) is 8.05. The Kier molecular flexibility index (Phi) is 14.4. The Morgan fingerprint density at radius 2 is 1.55 bits per heavy atom. The van der Waals surface area contributed by atoms with Gasteiger partial charge in [-0.1, -0.05) is 97.6 Å². The van der Waals surface area contributed by atoms with Crippen LogP contribution in [0.2, 0.25) is 25.7 Å². The van der Waals surface area contributed by atoms with Gasteiger partial charge in [0.25, 0.3) is 0 Å². The van der Waals surface area contributed by atoms with Gasteiger partial charge in [0.2, 0.25) is 0 Å². The minimum Gasteiger partial charge on any atom is -0.481 e. The fourth-order valence-corrected chi connectivity index (χ4v) is 10.5. The van der Waals surface area contributed by atoms with E-state index in [2.05, 4.69) is 79.4 Å². The SMILES string of the molecule is CC(C)OP(=O)(COc1ccc2cc(C3CC3)c(C=C[C@@H]3C[C@H](CC(=O)OCC[Si](C)(C)C)OC(C(C)(C)C)(C(C)(C)C)O3)c(-c3ccc(F)cc3)c2c1)OC(C)C. The van der Waals surface area contributed by atoms with E-state index in [0.717, 1.165) is 46.3 Å². The highest BCUT2D eigenvalue weighted by atomic mass is 31.2. The average Bonchev–Trinajstić information content (AvgIpc) is 3.93. The van der Waals surface area contributed by atoms with E-state index in [-0.39, 0.29) is 42.9 Å². The minimum absolute atomic E-state index is 0.136. The Bertz CT molecular complexity index is 1940. The van der Waals surface area contributed by atoms with E-state index in [0.29, 0.717) is 24.7 Å². The van der Waals surface area contributed by atoms with Crippen LogP contribution in [0.15, 0.2) is 54.6 Å². The molecule has 2 aliphatic rings. The molecule has 0 radical (unpaired) electrons. The van der Waals surface area contributed by atoms with Crippen molar-refractivity contribution in [3.05, 3.63) is 71.6 Å². The van der Waals surface area contributed by atoms with Crippen LogP contribution >= 0.6 is 7.60 Å². The van der Waals surface area contributed by atoms with Crippen molar-refractivity contribution in [2.45, 2.75) is 157 Å². The summed E-state index contributed by atoms with van der Waals surface area (Å²) >= 11 is 0. The number of benzene rings is 3. The van der Waals surface area contributed by atoms with E-state index in [1.807, 2.05) is 58.0 Å². The van der Waals surface area contributed by atoms with Gasteiger partial charge in [-0.05, 0) is 110 Å². The topological polar surface area (TPSA) is 89.5 Å². The first kappa shape index (κ1) is 46.2. The molecule has 2 atom stereocenters. The van der Waals surface area contributed by atoms with Gasteiger partial charge >= 0.3 is 13.6 Å². The molecule has 8 nitrogen and oxygen atoms in total. The van der Waals surface area contributed by atoms with Crippen LogP contribution in [0.1, 0.15) is 112 Å². The maximum atomic E-state index is 14.5. The van der Waals surface area contributed by atoms with E-state index in [4.69, 9.17) is 28.0 Å². The van der Waals surface area contributed by atoms with Crippen LogP contribution in [0.25, 0.3) is 28.0 Å². The number of hydrogen-bond donors (Lipinski definition) is 0. The molecule has 3 aromatic rings. The van der Waals surface area contributed by atoms with Crippen molar-refractivity contribution in [2.75, 3.05) is 13.0 Å². The Morgan fingerprint density at radius 1 is 0.931 bits per heavy atom. The lowest BCUT2D eigenvalue weighted by atomic mass is 9.69. The van der Waals surface area contributed by atoms with Gasteiger partial charge in [0.05, 0.1) is 37.4 Å². The molecule has 1 aliphatic heterocycles. The monoisotopic (exact) mass is 838 g/mol. The molecule has 2 fully saturated rings. The third kappa shape index (κ3) is 11.7. The fraction of sp³-hybridized carbons (Fsp3) is 0.596. The highest BCUT2D eigenvalue weighted by Crippen LogP contribution is 2.54. The number of rotatable bonds is 16. The van der Waals surface area contributed by atoms with Crippen LogP contribution < -0.4 is 4.74 Å². The van der Waals surface area contributed by atoms with Crippen molar-refractivity contribution in [3.8, 4) is 16.9 Å². The molecule has 0 spiro atoms. The van der Waals surface area contributed by atoms with Gasteiger partial charge in [0.15, 0.2) is 12.1 Å². The molecule has 1 saturated carbocycles. The highest BCUT2D eigenvalue weighted by molar-refractivity contribution is 7.53. The second-order valence-corrected chi connectivity index (χ2v) is 27.5. The Morgan fingerprint density at radius 3 is 2.10 bits per heavy atom. The van der Waals surface area contributed by atoms with E-state index < -0.39 is 38.4 Å². The van der Waals surface area contributed by atoms with Gasteiger partial charge in [-0.25, -0.2) is 4.39 Å². The maximum absolute atomic E-state index is 14.5. The molecule has 1 saturated heterocycles. The normalized spacial score (nSPS) is 19.4. The van der Waals surface area contributed by atoms with Gasteiger partial charge in [-0.15, -0.1) is 0 Å². The van der Waals surface area contributed by atoms with Crippen LogP contribution in [-0.2, 0) is 32.6 Å². The summed E-state index contributed by atoms with van der Waals surface area (Å²) in [6, 6.07) is 15.6. The highest BCUT2D eigenvalue weighted by Gasteiger charge is 2.58. The zero-order valence-corrected chi connectivity index (χ0v) is 39.1. The van der Waals surface area contributed by atoms with Crippen molar-refractivity contribution < 1.29 is 41.7 Å². The lowest BCUT2D eigenvalue weighted by molar-refractivity contribution is -0.389. The summed E-state index contributed by atoms with van der Waals surface area (Å²) < 4.78 is 65.6. The number of carbonyl (C=O) groups excluding carboxylic acids is 1. The first-order valence-corrected chi connectivity index (χ1v) is 26.5. The van der Waals surface area contributed by atoms with Crippen LogP contribution in [0, 0.1) is 16.6 Å². The number of carbonyl (C=O) groups is 1. The molecule has 5 rings (SSSR count). The molecular formula is C47H68FO8PSi. The van der Waals surface area contributed by atoms with Crippen molar-refractivity contribution in [1.29, 1.82) is 0 Å². The Hall–Kier alpha value is -2.85. The molecule has 0 amide bonds. The van der Waals surface area contributed by atoms with Gasteiger partial charge in [-0.2, -0.15) is 0 Å². The molecule has 0 aromatic heterocycles. The van der Waals surface area contributed by atoms with Gasteiger partial charge in [0, 0.05) is 25.3 Å². The van der Waals surface area contributed by atoms with Gasteiger partial charge < -0.3 is 28.0 Å². The molecule has 1 aliphatic carbocycles. The average molecular weight is 839 g/mol. The largest absolute Gasteiger partial charge is 0.481 e. The van der Waals surface area contributed by atoms with Gasteiger partial charge in [0.1, 0.15) is 11.6 Å². The first-order chi connectivity index (χ1) is 26.9. The van der Waals surface area contributed by atoms with Crippen LogP contribution in [0.5, 0.6) is 5.75 Å². The molecule has 11 heteroatoms. The zero-order chi connectivity index (χ0) is 42.8. The summed E-state index contributed by atoms with van der Waals surface area (Å²) in [6.45, 7) is 27.2. The molecule has 58 heavy (non-hydrogen) atoms. The summed E-state index contributed by atoms with van der Waals surface area (Å²) in [5, 5.41) is 1.92. The number of halogens is 1. The minimum atomic E-state index is -3.57. The van der Waals surface area contributed by atoms with Crippen molar-refractivity contribution in [2.24, 2.45) is 10.8 Å². The predicted octanol–water partition coefficient (Wildman–Crippen LogP) is 13.1. The van der Waals surface area contributed by atoms with E-state index in [1.165, 1.54) is 17.7 Å². The number of esters is 1. The maximum Gasteiger partial charge on any atom is 0.368 e. The number of hydrogen-bond acceptors (Lipinski definition) is 8. The second-order valence-electron chi connectivity index (χ2n) is 20.0. The lowest BCUT2D eigenvalue weighted by Gasteiger charge is -2.57. The zero-order valence-electron chi connectivity index (χ0n) is 37.2. The summed E-state index contributed by atoms with van der Waals surface area (Å²) in [5.74, 6) is -0.709. The summed E-state index contributed by atoms with van der Waals surface area (Å²) in [5.41, 5.74) is 3.14. The predicted molar refractivity (Wildman–Crippen MR) is 236 cm³/mol. The summed E-state index contributed by atoms with van der Waals surface area (Å²) in [4.78, 5) is 13.3. The number of fused-ring (bicyclic) bond motifs is 1. The van der Waals surface area contributed by atoms with Crippen LogP contribution in [0.4, 0.5) is 4.39 Å². The van der Waals surface area contributed by atoms with Crippen molar-refractivity contribution in [1.82, 2.24) is 0 Å². The Labute approximate surface area is 348 Å². The molecule has 0 N–H and O–H groups in total. The smallest absolute Gasteiger partial charge is 0.368 e. The van der Waals surface area contributed by atoms with E-state index in [9.17, 15) is 13.8 Å². The van der Waals surface area contributed by atoms with Crippen molar-refractivity contribution >= 4 is 38.5 Å². The van der Waals surface area contributed by atoms with E-state index in [1.54, 1.807) is 0 Å². The standard InChI is InChI=1S/C47H68FO8PSi/c1-31(2)55-57(50,56-32(3)4)30-52-37-21-18-35-26-41(33-14-15-33)40(44(42(35)28-37)34-16-19-36(48)20-17-34)23-22-38-27-39(29-43(49)51-24-25-58(11,12)13)54-47(53-38,45(5,6)7)46(8,9)10/h16-23,26,28,31-33,38-39H,14-15,24-25,27,29-30H2,1-13H3/t38-,39-/m1/s1. The quantitative estimate of drug-likeness (QED) is 0.0800. The van der Waals surface area contributed by atoms with Crippen LogP contribution in [0.3, 0.4) is 0 Å². The summed E-state index contributed by atoms with van der Waals surface area (Å²) in [6.07, 6.45) is 5.33. The lowest BCUT2D eigenvalue weighted by Crippen LogP contribution is -2.63. The molecule has 1 heterocycles. The molecule has 0 bridgehead atoms. The molecule has 3 aromatic carbocycles. The molecule has 320 valence electrons.